The van der Waals surface area contributed by atoms with E-state index >= 15 is 0 Å². The van der Waals surface area contributed by atoms with E-state index in [4.69, 9.17) is 4.52 Å². The molecule has 1 saturated carbocycles. The molecule has 0 atom stereocenters. The first-order chi connectivity index (χ1) is 15.0. The van der Waals surface area contributed by atoms with Crippen molar-refractivity contribution in [2.45, 2.75) is 42.9 Å². The number of hydrogen-bond acceptors (Lipinski definition) is 7. The van der Waals surface area contributed by atoms with Crippen molar-refractivity contribution in [1.82, 2.24) is 14.4 Å². The lowest BCUT2D eigenvalue weighted by Gasteiger charge is -2.25. The van der Waals surface area contributed by atoms with Gasteiger partial charge in [-0.1, -0.05) is 11.6 Å². The van der Waals surface area contributed by atoms with Gasteiger partial charge in [0, 0.05) is 24.6 Å². The molecule has 3 aromatic rings. The second kappa shape index (κ2) is 8.18. The van der Waals surface area contributed by atoms with Crippen LogP contribution in [0.5, 0.6) is 0 Å². The summed E-state index contributed by atoms with van der Waals surface area (Å²) in [5.41, 5.74) is 0.963. The molecule has 2 fully saturated rings. The van der Waals surface area contributed by atoms with Crippen LogP contribution in [0.4, 0.5) is 5.69 Å². The molecule has 2 aliphatic rings. The Labute approximate surface area is 184 Å². The molecule has 0 spiro atoms. The van der Waals surface area contributed by atoms with Gasteiger partial charge in [0.2, 0.25) is 10.0 Å². The fourth-order valence-corrected chi connectivity index (χ4v) is 5.92. The highest BCUT2D eigenvalue weighted by Crippen LogP contribution is 2.40. The van der Waals surface area contributed by atoms with E-state index in [2.05, 4.69) is 15.5 Å². The Morgan fingerprint density at radius 3 is 2.55 bits per heavy atom. The number of aromatic nitrogens is 2. The monoisotopic (exact) mass is 458 g/mol. The molecule has 8 nitrogen and oxygen atoms in total. The van der Waals surface area contributed by atoms with Crippen LogP contribution in [0, 0.1) is 0 Å². The molecule has 1 amide bonds. The second-order valence-electron chi connectivity index (χ2n) is 7.84. The number of thiophene rings is 1. The van der Waals surface area contributed by atoms with E-state index in [0.717, 1.165) is 32.1 Å². The van der Waals surface area contributed by atoms with Gasteiger partial charge in [-0.3, -0.25) is 4.79 Å². The summed E-state index contributed by atoms with van der Waals surface area (Å²) in [7, 11) is -3.52. The quantitative estimate of drug-likeness (QED) is 0.596. The minimum atomic E-state index is -3.52. The van der Waals surface area contributed by atoms with Crippen molar-refractivity contribution in [3.8, 4) is 10.8 Å². The topological polar surface area (TPSA) is 105 Å². The van der Waals surface area contributed by atoms with Crippen molar-refractivity contribution < 1.29 is 17.7 Å². The van der Waals surface area contributed by atoms with Gasteiger partial charge in [-0.25, -0.2) is 8.42 Å². The number of carbonyl (C=O) groups excluding carboxylic acids is 1. The highest BCUT2D eigenvalue weighted by atomic mass is 32.2. The second-order valence-corrected chi connectivity index (χ2v) is 10.7. The number of carbonyl (C=O) groups is 1. The van der Waals surface area contributed by atoms with Crippen LogP contribution in [0.15, 0.2) is 45.1 Å². The third-order valence-corrected chi connectivity index (χ3v) is 8.38. The third kappa shape index (κ3) is 4.15. The Bertz CT molecular complexity index is 1190. The number of anilines is 1. The van der Waals surface area contributed by atoms with Gasteiger partial charge in [0.25, 0.3) is 11.8 Å². The Kier molecular flexibility index (Phi) is 5.37. The minimum absolute atomic E-state index is 0.209. The van der Waals surface area contributed by atoms with Crippen molar-refractivity contribution in [2.75, 3.05) is 18.4 Å². The molecule has 3 heterocycles. The predicted octanol–water partition coefficient (Wildman–Crippen LogP) is 4.10. The maximum atomic E-state index is 12.8. The van der Waals surface area contributed by atoms with E-state index in [1.54, 1.807) is 6.07 Å². The molecule has 0 radical (unpaired) electrons. The normalized spacial score (nSPS) is 17.5. The fraction of sp³-hybridized carbons (Fsp3) is 0.381. The van der Waals surface area contributed by atoms with Crippen LogP contribution in [-0.2, 0) is 10.0 Å². The van der Waals surface area contributed by atoms with Crippen molar-refractivity contribution in [1.29, 1.82) is 0 Å². The first-order valence-corrected chi connectivity index (χ1v) is 12.7. The number of hydrogen-bond donors (Lipinski definition) is 1. The summed E-state index contributed by atoms with van der Waals surface area (Å²) in [5, 5.41) is 8.74. The van der Waals surface area contributed by atoms with Crippen LogP contribution < -0.4 is 5.32 Å². The molecular formula is C21H22N4O4S2. The summed E-state index contributed by atoms with van der Waals surface area (Å²) >= 11 is 1.41. The first-order valence-electron chi connectivity index (χ1n) is 10.4. The van der Waals surface area contributed by atoms with Crippen LogP contribution in [0.3, 0.4) is 0 Å². The standard InChI is InChI=1S/C21H22N4O4S2/c26-20(15-6-8-16(9-7-15)31(27,28)25-11-2-1-3-12-25)22-17-10-13-30-18(17)21-23-19(24-29-21)14-4-5-14/h6-10,13-14H,1-5,11-12H2,(H,22,26). The van der Waals surface area contributed by atoms with Gasteiger partial charge in [-0.15, -0.1) is 11.3 Å². The molecule has 10 heteroatoms. The number of amides is 1. The van der Waals surface area contributed by atoms with Crippen LogP contribution in [0.2, 0.25) is 0 Å². The summed E-state index contributed by atoms with van der Waals surface area (Å²) in [5.74, 6) is 1.17. The summed E-state index contributed by atoms with van der Waals surface area (Å²) in [6.07, 6.45) is 4.98. The highest BCUT2D eigenvalue weighted by Gasteiger charge is 2.30. The smallest absolute Gasteiger partial charge is 0.270 e. The van der Waals surface area contributed by atoms with Crippen LogP contribution in [0.25, 0.3) is 10.8 Å². The molecule has 162 valence electrons. The molecule has 31 heavy (non-hydrogen) atoms. The molecule has 0 unspecified atom stereocenters. The zero-order valence-electron chi connectivity index (χ0n) is 16.8. The largest absolute Gasteiger partial charge is 0.333 e. The summed E-state index contributed by atoms with van der Waals surface area (Å²) in [6.45, 7) is 1.09. The first kappa shape index (κ1) is 20.3. The molecule has 1 aliphatic heterocycles. The summed E-state index contributed by atoms with van der Waals surface area (Å²) in [6, 6.07) is 7.85. The lowest BCUT2D eigenvalue weighted by molar-refractivity contribution is 0.102. The van der Waals surface area contributed by atoms with E-state index in [9.17, 15) is 13.2 Å². The van der Waals surface area contributed by atoms with E-state index in [0.29, 0.717) is 46.9 Å². The molecule has 0 bridgehead atoms. The molecule has 1 N–H and O–H groups in total. The van der Waals surface area contributed by atoms with Crippen molar-refractivity contribution in [3.63, 3.8) is 0 Å². The van der Waals surface area contributed by atoms with Gasteiger partial charge in [0.15, 0.2) is 5.82 Å². The predicted molar refractivity (Wildman–Crippen MR) is 117 cm³/mol. The lowest BCUT2D eigenvalue weighted by Crippen LogP contribution is -2.35. The Morgan fingerprint density at radius 2 is 1.84 bits per heavy atom. The van der Waals surface area contributed by atoms with Gasteiger partial charge >= 0.3 is 0 Å². The minimum Gasteiger partial charge on any atom is -0.333 e. The summed E-state index contributed by atoms with van der Waals surface area (Å²) in [4.78, 5) is 18.1. The molecule has 1 aliphatic carbocycles. The SMILES string of the molecule is O=C(Nc1ccsc1-c1nc(C2CC2)no1)c1ccc(S(=O)(=O)N2CCCCC2)cc1. The van der Waals surface area contributed by atoms with E-state index in [1.807, 2.05) is 5.38 Å². The van der Waals surface area contributed by atoms with Crippen LogP contribution >= 0.6 is 11.3 Å². The van der Waals surface area contributed by atoms with Gasteiger partial charge in [-0.05, 0) is 61.4 Å². The Morgan fingerprint density at radius 1 is 1.10 bits per heavy atom. The number of sulfonamides is 1. The molecule has 1 aromatic carbocycles. The van der Waals surface area contributed by atoms with E-state index < -0.39 is 10.0 Å². The van der Waals surface area contributed by atoms with Crippen molar-refractivity contribution in [2.24, 2.45) is 0 Å². The maximum Gasteiger partial charge on any atom is 0.270 e. The average molecular weight is 459 g/mol. The third-order valence-electron chi connectivity index (χ3n) is 5.56. The molecule has 2 aromatic heterocycles. The lowest BCUT2D eigenvalue weighted by atomic mass is 10.2. The van der Waals surface area contributed by atoms with Gasteiger partial charge < -0.3 is 9.84 Å². The van der Waals surface area contributed by atoms with Gasteiger partial charge in [0.05, 0.1) is 10.6 Å². The summed E-state index contributed by atoms with van der Waals surface area (Å²) < 4.78 is 32.5. The number of rotatable bonds is 6. The average Bonchev–Trinajstić information content (AvgIpc) is 3.35. The number of nitrogens with one attached hydrogen (secondary N) is 1. The zero-order valence-corrected chi connectivity index (χ0v) is 18.4. The molecule has 5 rings (SSSR count). The van der Waals surface area contributed by atoms with Gasteiger partial charge in [-0.2, -0.15) is 9.29 Å². The fourth-order valence-electron chi connectivity index (χ4n) is 3.63. The van der Waals surface area contributed by atoms with Gasteiger partial charge in [0.1, 0.15) is 4.88 Å². The number of piperidine rings is 1. The highest BCUT2D eigenvalue weighted by molar-refractivity contribution is 7.89. The van der Waals surface area contributed by atoms with Crippen molar-refractivity contribution >= 4 is 33.0 Å². The molecule has 1 saturated heterocycles. The van der Waals surface area contributed by atoms with E-state index in [1.165, 1.54) is 39.9 Å². The van der Waals surface area contributed by atoms with Crippen LogP contribution in [-0.4, -0.2) is 41.9 Å². The molecular weight excluding hydrogens is 436 g/mol. The maximum absolute atomic E-state index is 12.8. The van der Waals surface area contributed by atoms with E-state index in [-0.39, 0.29) is 10.8 Å². The number of benzene rings is 1. The Balaban J connectivity index is 1.31. The number of nitrogens with zero attached hydrogens (tertiary/aromatic N) is 3. The van der Waals surface area contributed by atoms with Crippen molar-refractivity contribution in [3.05, 3.63) is 47.1 Å². The Hall–Kier alpha value is -2.56. The zero-order chi connectivity index (χ0) is 21.4. The van der Waals surface area contributed by atoms with Crippen LogP contribution in [0.1, 0.15) is 54.2 Å².